The summed E-state index contributed by atoms with van der Waals surface area (Å²) in [7, 11) is 0. The number of nitrogens with zero attached hydrogens (tertiary/aromatic N) is 1. The molecule has 1 unspecified atom stereocenters. The molecule has 0 aromatic carbocycles. The van der Waals surface area contributed by atoms with Crippen LogP contribution < -0.4 is 5.32 Å². The van der Waals surface area contributed by atoms with E-state index < -0.39 is 6.10 Å². The van der Waals surface area contributed by atoms with E-state index in [9.17, 15) is 9.90 Å². The van der Waals surface area contributed by atoms with Gasteiger partial charge in [-0.1, -0.05) is 18.9 Å². The summed E-state index contributed by atoms with van der Waals surface area (Å²) in [5.41, 5.74) is 0.395. The number of hydrogen-bond donors (Lipinski definition) is 2. The third kappa shape index (κ3) is 3.27. The second-order valence-electron chi connectivity index (χ2n) is 4.54. The summed E-state index contributed by atoms with van der Waals surface area (Å²) in [5.74, 6) is 0.127. The highest BCUT2D eigenvalue weighted by Gasteiger charge is 2.23. The Kier molecular flexibility index (Phi) is 4.09. The normalized spacial score (nSPS) is 17.9. The molecule has 4 nitrogen and oxygen atoms in total. The SMILES string of the molecule is O=C(NCC(O)C1CCCC1)c1ccccn1. The summed E-state index contributed by atoms with van der Waals surface area (Å²) in [5, 5.41) is 12.6. The number of hydrogen-bond acceptors (Lipinski definition) is 3. The Bertz CT molecular complexity index is 361. The molecule has 0 aliphatic heterocycles. The molecule has 1 aromatic rings. The fraction of sp³-hybridized carbons (Fsp3) is 0.538. The molecule has 1 heterocycles. The lowest BCUT2D eigenvalue weighted by Crippen LogP contribution is -2.35. The van der Waals surface area contributed by atoms with Gasteiger partial charge >= 0.3 is 0 Å². The number of nitrogens with one attached hydrogen (secondary N) is 1. The van der Waals surface area contributed by atoms with Crippen molar-refractivity contribution < 1.29 is 9.90 Å². The lowest BCUT2D eigenvalue weighted by Gasteiger charge is -2.17. The van der Waals surface area contributed by atoms with Crippen LogP contribution in [0, 0.1) is 5.92 Å². The molecule has 0 saturated heterocycles. The fourth-order valence-corrected chi connectivity index (χ4v) is 2.29. The standard InChI is InChI=1S/C13H18N2O2/c16-12(10-5-1-2-6-10)9-15-13(17)11-7-3-4-8-14-11/h3-4,7-8,10,12,16H,1-2,5-6,9H2,(H,15,17). The first-order valence-electron chi connectivity index (χ1n) is 6.14. The molecule has 4 heteroatoms. The van der Waals surface area contributed by atoms with Gasteiger partial charge in [0, 0.05) is 12.7 Å². The smallest absolute Gasteiger partial charge is 0.269 e. The zero-order chi connectivity index (χ0) is 12.1. The molecule has 2 rings (SSSR count). The largest absolute Gasteiger partial charge is 0.391 e. The number of carbonyl (C=O) groups excluding carboxylic acids is 1. The molecule has 92 valence electrons. The summed E-state index contributed by atoms with van der Waals surface area (Å²) in [6.07, 6.45) is 5.68. The maximum Gasteiger partial charge on any atom is 0.269 e. The Hall–Kier alpha value is -1.42. The van der Waals surface area contributed by atoms with E-state index in [1.165, 1.54) is 12.8 Å². The van der Waals surface area contributed by atoms with Crippen molar-refractivity contribution in [3.05, 3.63) is 30.1 Å². The van der Waals surface area contributed by atoms with Crippen LogP contribution in [-0.2, 0) is 0 Å². The minimum absolute atomic E-state index is 0.220. The Labute approximate surface area is 101 Å². The molecule has 0 bridgehead atoms. The van der Waals surface area contributed by atoms with Gasteiger partial charge in [-0.3, -0.25) is 9.78 Å². The van der Waals surface area contributed by atoms with E-state index in [-0.39, 0.29) is 5.91 Å². The van der Waals surface area contributed by atoms with Crippen LogP contribution >= 0.6 is 0 Å². The Morgan fingerprint density at radius 2 is 2.24 bits per heavy atom. The van der Waals surface area contributed by atoms with Gasteiger partial charge in [-0.05, 0) is 30.9 Å². The quantitative estimate of drug-likeness (QED) is 0.827. The molecular formula is C13H18N2O2. The number of aliphatic hydroxyl groups excluding tert-OH is 1. The average molecular weight is 234 g/mol. The van der Waals surface area contributed by atoms with Crippen molar-refractivity contribution in [2.24, 2.45) is 5.92 Å². The first-order valence-corrected chi connectivity index (χ1v) is 6.14. The minimum atomic E-state index is -0.426. The lowest BCUT2D eigenvalue weighted by molar-refractivity contribution is 0.0836. The molecular weight excluding hydrogens is 216 g/mol. The predicted octanol–water partition coefficient (Wildman–Crippen LogP) is 1.36. The van der Waals surface area contributed by atoms with E-state index in [4.69, 9.17) is 0 Å². The Balaban J connectivity index is 1.80. The molecule has 1 saturated carbocycles. The van der Waals surface area contributed by atoms with Crippen molar-refractivity contribution in [1.82, 2.24) is 10.3 Å². The summed E-state index contributed by atoms with van der Waals surface area (Å²) < 4.78 is 0. The molecule has 0 radical (unpaired) electrons. The Morgan fingerprint density at radius 1 is 1.47 bits per heavy atom. The number of aromatic nitrogens is 1. The monoisotopic (exact) mass is 234 g/mol. The van der Waals surface area contributed by atoms with E-state index in [2.05, 4.69) is 10.3 Å². The first kappa shape index (κ1) is 12.0. The van der Waals surface area contributed by atoms with Gasteiger partial charge in [0.15, 0.2) is 0 Å². The minimum Gasteiger partial charge on any atom is -0.391 e. The van der Waals surface area contributed by atoms with Gasteiger partial charge < -0.3 is 10.4 Å². The summed E-state index contributed by atoms with van der Waals surface area (Å²) >= 11 is 0. The zero-order valence-corrected chi connectivity index (χ0v) is 9.80. The second kappa shape index (κ2) is 5.77. The van der Waals surface area contributed by atoms with Crippen molar-refractivity contribution in [2.45, 2.75) is 31.8 Å². The van der Waals surface area contributed by atoms with Crippen molar-refractivity contribution in [1.29, 1.82) is 0 Å². The van der Waals surface area contributed by atoms with Crippen LogP contribution in [0.15, 0.2) is 24.4 Å². The van der Waals surface area contributed by atoms with Gasteiger partial charge in [0.25, 0.3) is 5.91 Å². The number of aliphatic hydroxyl groups is 1. The highest BCUT2D eigenvalue weighted by atomic mass is 16.3. The van der Waals surface area contributed by atoms with Crippen LogP contribution in [0.5, 0.6) is 0 Å². The molecule has 17 heavy (non-hydrogen) atoms. The van der Waals surface area contributed by atoms with Crippen LogP contribution in [0.25, 0.3) is 0 Å². The average Bonchev–Trinajstić information content (AvgIpc) is 2.90. The molecule has 1 aromatic heterocycles. The van der Waals surface area contributed by atoms with Gasteiger partial charge in [-0.2, -0.15) is 0 Å². The van der Waals surface area contributed by atoms with E-state index in [0.29, 0.717) is 18.2 Å². The van der Waals surface area contributed by atoms with E-state index in [0.717, 1.165) is 12.8 Å². The predicted molar refractivity (Wildman–Crippen MR) is 64.5 cm³/mol. The molecule has 1 aliphatic carbocycles. The molecule has 0 spiro atoms. The molecule has 1 amide bonds. The Morgan fingerprint density at radius 3 is 2.88 bits per heavy atom. The number of amides is 1. The van der Waals surface area contributed by atoms with Gasteiger partial charge in [-0.15, -0.1) is 0 Å². The van der Waals surface area contributed by atoms with Crippen molar-refractivity contribution in [3.63, 3.8) is 0 Å². The van der Waals surface area contributed by atoms with Crippen molar-refractivity contribution in [2.75, 3.05) is 6.54 Å². The van der Waals surface area contributed by atoms with E-state index in [1.807, 2.05) is 0 Å². The number of carbonyl (C=O) groups is 1. The van der Waals surface area contributed by atoms with Gasteiger partial charge in [-0.25, -0.2) is 0 Å². The highest BCUT2D eigenvalue weighted by Crippen LogP contribution is 2.27. The molecule has 1 aliphatic rings. The summed E-state index contributed by atoms with van der Waals surface area (Å²) in [6, 6.07) is 5.21. The maximum atomic E-state index is 11.7. The summed E-state index contributed by atoms with van der Waals surface area (Å²) in [4.78, 5) is 15.6. The van der Waals surface area contributed by atoms with Gasteiger partial charge in [0.2, 0.25) is 0 Å². The van der Waals surface area contributed by atoms with Crippen LogP contribution in [0.1, 0.15) is 36.2 Å². The van der Waals surface area contributed by atoms with E-state index in [1.54, 1.807) is 24.4 Å². The topological polar surface area (TPSA) is 62.2 Å². The number of rotatable bonds is 4. The molecule has 1 atom stereocenters. The first-order chi connectivity index (χ1) is 8.27. The highest BCUT2D eigenvalue weighted by molar-refractivity contribution is 5.92. The number of pyridine rings is 1. The molecule has 2 N–H and O–H groups in total. The van der Waals surface area contributed by atoms with Crippen LogP contribution in [0.2, 0.25) is 0 Å². The second-order valence-corrected chi connectivity index (χ2v) is 4.54. The van der Waals surface area contributed by atoms with E-state index >= 15 is 0 Å². The van der Waals surface area contributed by atoms with Crippen molar-refractivity contribution >= 4 is 5.91 Å². The lowest BCUT2D eigenvalue weighted by atomic mass is 10.0. The van der Waals surface area contributed by atoms with Gasteiger partial charge in [0.1, 0.15) is 5.69 Å². The van der Waals surface area contributed by atoms with Gasteiger partial charge in [0.05, 0.1) is 6.10 Å². The fourth-order valence-electron chi connectivity index (χ4n) is 2.29. The zero-order valence-electron chi connectivity index (χ0n) is 9.80. The maximum absolute atomic E-state index is 11.7. The van der Waals surface area contributed by atoms with Crippen LogP contribution in [0.4, 0.5) is 0 Å². The summed E-state index contributed by atoms with van der Waals surface area (Å²) in [6.45, 7) is 0.320. The third-order valence-electron chi connectivity index (χ3n) is 3.31. The van der Waals surface area contributed by atoms with Crippen LogP contribution in [0.3, 0.4) is 0 Å². The third-order valence-corrected chi connectivity index (χ3v) is 3.31. The van der Waals surface area contributed by atoms with Crippen LogP contribution in [-0.4, -0.2) is 28.6 Å². The molecule has 1 fully saturated rings. The van der Waals surface area contributed by atoms with Crippen molar-refractivity contribution in [3.8, 4) is 0 Å².